The van der Waals surface area contributed by atoms with Crippen molar-refractivity contribution in [2.24, 2.45) is 0 Å². The van der Waals surface area contributed by atoms with Gasteiger partial charge < -0.3 is 5.73 Å². The molecule has 0 spiro atoms. The van der Waals surface area contributed by atoms with Crippen LogP contribution in [0.3, 0.4) is 0 Å². The summed E-state index contributed by atoms with van der Waals surface area (Å²) in [6, 6.07) is 7.51. The number of hydrogen-bond acceptors (Lipinski definition) is 1. The van der Waals surface area contributed by atoms with Crippen LogP contribution in [-0.2, 0) is 0 Å². The van der Waals surface area contributed by atoms with Gasteiger partial charge in [0.05, 0.1) is 0 Å². The maximum atomic E-state index is 5.57. The molecule has 1 aromatic carbocycles. The number of halogens is 1. The summed E-state index contributed by atoms with van der Waals surface area (Å²) in [6.07, 6.45) is 0.719. The molecule has 0 amide bonds. The molecule has 1 rings (SSSR count). The molecule has 0 radical (unpaired) electrons. The van der Waals surface area contributed by atoms with Crippen LogP contribution >= 0.6 is 11.6 Å². The van der Waals surface area contributed by atoms with E-state index < -0.39 is 0 Å². The van der Waals surface area contributed by atoms with Crippen molar-refractivity contribution < 1.29 is 0 Å². The zero-order valence-corrected chi connectivity index (χ0v) is 7.43. The van der Waals surface area contributed by atoms with Gasteiger partial charge in [0.15, 0.2) is 0 Å². The zero-order valence-electron chi connectivity index (χ0n) is 6.68. The molecular weight excluding hydrogens is 170 g/mol. The van der Waals surface area contributed by atoms with E-state index in [0.717, 1.165) is 17.7 Å². The summed E-state index contributed by atoms with van der Waals surface area (Å²) in [5.41, 5.74) is 7.26. The molecule has 0 saturated carbocycles. The summed E-state index contributed by atoms with van der Waals surface area (Å²) < 4.78 is 0. The monoisotopic (exact) mass is 179 g/mol. The Balaban J connectivity index is 2.71. The van der Waals surface area contributed by atoms with E-state index in [1.165, 1.54) is 0 Å². The second kappa shape index (κ2) is 4.69. The third-order valence-corrected chi connectivity index (χ3v) is 1.53. The van der Waals surface area contributed by atoms with Crippen molar-refractivity contribution in [1.29, 1.82) is 0 Å². The van der Waals surface area contributed by atoms with Crippen molar-refractivity contribution >= 4 is 17.3 Å². The Bertz CT molecular complexity index is 309. The Hall–Kier alpha value is -1.13. The lowest BCUT2D eigenvalue weighted by Gasteiger charge is -1.91. The first-order chi connectivity index (χ1) is 5.83. The van der Waals surface area contributed by atoms with E-state index in [9.17, 15) is 0 Å². The number of rotatable bonds is 1. The molecule has 0 saturated heterocycles. The van der Waals surface area contributed by atoms with Gasteiger partial charge in [0.2, 0.25) is 0 Å². The Morgan fingerprint density at radius 1 is 1.42 bits per heavy atom. The minimum atomic E-state index is 0.579. The molecule has 0 aliphatic heterocycles. The topological polar surface area (TPSA) is 26.0 Å². The standard InChI is InChI=1S/C10H10ClN/c11-7-2-1-4-9-5-3-6-10(12)8-9/h3,5-6,8H,2,7,12H2. The molecule has 0 atom stereocenters. The van der Waals surface area contributed by atoms with Crippen molar-refractivity contribution in [2.75, 3.05) is 11.6 Å². The van der Waals surface area contributed by atoms with Crippen LogP contribution in [-0.4, -0.2) is 5.88 Å². The first-order valence-electron chi connectivity index (χ1n) is 3.73. The van der Waals surface area contributed by atoms with Gasteiger partial charge in [-0.3, -0.25) is 0 Å². The van der Waals surface area contributed by atoms with E-state index in [4.69, 9.17) is 17.3 Å². The first-order valence-corrected chi connectivity index (χ1v) is 4.27. The second-order valence-electron chi connectivity index (χ2n) is 2.37. The Labute approximate surface area is 77.5 Å². The van der Waals surface area contributed by atoms with Crippen LogP contribution in [0.15, 0.2) is 24.3 Å². The quantitative estimate of drug-likeness (QED) is 0.400. The predicted octanol–water partition coefficient (Wildman–Crippen LogP) is 2.25. The fourth-order valence-corrected chi connectivity index (χ4v) is 0.923. The van der Waals surface area contributed by atoms with Gasteiger partial charge in [-0.2, -0.15) is 0 Å². The Morgan fingerprint density at radius 3 is 2.92 bits per heavy atom. The van der Waals surface area contributed by atoms with Crippen LogP contribution < -0.4 is 5.73 Å². The molecule has 2 N–H and O–H groups in total. The van der Waals surface area contributed by atoms with Crippen molar-refractivity contribution in [1.82, 2.24) is 0 Å². The van der Waals surface area contributed by atoms with E-state index in [0.29, 0.717) is 5.88 Å². The molecule has 1 nitrogen and oxygen atoms in total. The molecular formula is C10H10ClN. The molecule has 12 heavy (non-hydrogen) atoms. The fraction of sp³-hybridized carbons (Fsp3) is 0.200. The number of benzene rings is 1. The van der Waals surface area contributed by atoms with Gasteiger partial charge in [0.1, 0.15) is 0 Å². The lowest BCUT2D eigenvalue weighted by atomic mass is 10.2. The number of hydrogen-bond donors (Lipinski definition) is 1. The van der Waals surface area contributed by atoms with Gasteiger partial charge in [0, 0.05) is 23.6 Å². The average Bonchev–Trinajstić information content (AvgIpc) is 2.05. The van der Waals surface area contributed by atoms with Crippen LogP contribution in [0.4, 0.5) is 5.69 Å². The van der Waals surface area contributed by atoms with Crippen molar-refractivity contribution in [3.05, 3.63) is 29.8 Å². The summed E-state index contributed by atoms with van der Waals surface area (Å²) in [5, 5.41) is 0. The van der Waals surface area contributed by atoms with E-state index in [-0.39, 0.29) is 0 Å². The predicted molar refractivity (Wildman–Crippen MR) is 53.1 cm³/mol. The van der Waals surface area contributed by atoms with E-state index in [1.54, 1.807) is 0 Å². The first kappa shape index (κ1) is 8.96. The summed E-state index contributed by atoms with van der Waals surface area (Å²) in [5.74, 6) is 6.49. The van der Waals surface area contributed by atoms with Gasteiger partial charge in [-0.25, -0.2) is 0 Å². The highest BCUT2D eigenvalue weighted by Gasteiger charge is 1.86. The number of nitrogen functional groups attached to an aromatic ring is 1. The van der Waals surface area contributed by atoms with Gasteiger partial charge in [-0.1, -0.05) is 17.9 Å². The van der Waals surface area contributed by atoms with Gasteiger partial charge in [-0.05, 0) is 18.2 Å². The lowest BCUT2D eigenvalue weighted by Crippen LogP contribution is -1.84. The van der Waals surface area contributed by atoms with Crippen molar-refractivity contribution in [2.45, 2.75) is 6.42 Å². The molecule has 2 heteroatoms. The van der Waals surface area contributed by atoms with Crippen LogP contribution in [0.25, 0.3) is 0 Å². The molecule has 0 heterocycles. The van der Waals surface area contributed by atoms with Gasteiger partial charge in [0.25, 0.3) is 0 Å². The minimum absolute atomic E-state index is 0.579. The molecule has 62 valence electrons. The fourth-order valence-electron chi connectivity index (χ4n) is 0.828. The molecule has 0 unspecified atom stereocenters. The van der Waals surface area contributed by atoms with E-state index in [1.807, 2.05) is 24.3 Å². The van der Waals surface area contributed by atoms with Crippen molar-refractivity contribution in [3.63, 3.8) is 0 Å². The van der Waals surface area contributed by atoms with Crippen molar-refractivity contribution in [3.8, 4) is 11.8 Å². The molecule has 0 aliphatic carbocycles. The highest BCUT2D eigenvalue weighted by Crippen LogP contribution is 2.04. The summed E-state index contributed by atoms with van der Waals surface area (Å²) in [7, 11) is 0. The maximum Gasteiger partial charge on any atom is 0.0333 e. The average molecular weight is 180 g/mol. The Kier molecular flexibility index (Phi) is 3.50. The molecule has 0 aromatic heterocycles. The third kappa shape index (κ3) is 2.86. The molecule has 0 fully saturated rings. The smallest absolute Gasteiger partial charge is 0.0333 e. The third-order valence-electron chi connectivity index (χ3n) is 1.34. The van der Waals surface area contributed by atoms with Gasteiger partial charge >= 0.3 is 0 Å². The van der Waals surface area contributed by atoms with E-state index >= 15 is 0 Å². The SMILES string of the molecule is Nc1cccc(C#CCCCl)c1. The Morgan fingerprint density at radius 2 is 2.25 bits per heavy atom. The van der Waals surface area contributed by atoms with Crippen LogP contribution in [0.1, 0.15) is 12.0 Å². The summed E-state index contributed by atoms with van der Waals surface area (Å²) in [6.45, 7) is 0. The number of anilines is 1. The summed E-state index contributed by atoms with van der Waals surface area (Å²) in [4.78, 5) is 0. The zero-order chi connectivity index (χ0) is 8.81. The van der Waals surface area contributed by atoms with Gasteiger partial charge in [-0.15, -0.1) is 11.6 Å². The highest BCUT2D eigenvalue weighted by atomic mass is 35.5. The number of alkyl halides is 1. The van der Waals surface area contributed by atoms with Crippen LogP contribution in [0, 0.1) is 11.8 Å². The summed E-state index contributed by atoms with van der Waals surface area (Å²) >= 11 is 5.47. The number of nitrogens with two attached hydrogens (primary N) is 1. The largest absolute Gasteiger partial charge is 0.399 e. The lowest BCUT2D eigenvalue weighted by molar-refractivity contribution is 1.29. The molecule has 1 aromatic rings. The van der Waals surface area contributed by atoms with Crippen LogP contribution in [0.5, 0.6) is 0 Å². The second-order valence-corrected chi connectivity index (χ2v) is 2.74. The normalized spacial score (nSPS) is 8.75. The minimum Gasteiger partial charge on any atom is -0.399 e. The molecule has 0 aliphatic rings. The van der Waals surface area contributed by atoms with E-state index in [2.05, 4.69) is 11.8 Å². The molecule has 0 bridgehead atoms. The highest BCUT2D eigenvalue weighted by molar-refractivity contribution is 6.18. The van der Waals surface area contributed by atoms with Crippen LogP contribution in [0.2, 0.25) is 0 Å². The maximum absolute atomic E-state index is 5.57.